The van der Waals surface area contributed by atoms with Crippen LogP contribution in [0.25, 0.3) is 0 Å². The predicted molar refractivity (Wildman–Crippen MR) is 91.2 cm³/mol. The predicted octanol–water partition coefficient (Wildman–Crippen LogP) is 3.66. The van der Waals surface area contributed by atoms with Gasteiger partial charge < -0.3 is 4.74 Å². The van der Waals surface area contributed by atoms with E-state index in [0.29, 0.717) is 12.1 Å². The number of rotatable bonds is 2. The molecular weight excluding hydrogens is 288 g/mol. The molecule has 0 saturated carbocycles. The number of hydrogen-bond acceptors (Lipinski definition) is 3. The van der Waals surface area contributed by atoms with Crippen molar-refractivity contribution >= 4 is 6.09 Å². The highest BCUT2D eigenvalue weighted by molar-refractivity contribution is 5.69. The molecule has 2 aliphatic rings. The van der Waals surface area contributed by atoms with Crippen molar-refractivity contribution in [3.05, 3.63) is 35.9 Å². The van der Waals surface area contributed by atoms with E-state index in [-0.39, 0.29) is 6.09 Å². The molecule has 0 radical (unpaired) electrons. The molecule has 1 aromatic carbocycles. The molecule has 0 spiro atoms. The van der Waals surface area contributed by atoms with Crippen LogP contribution in [0.1, 0.15) is 45.6 Å². The van der Waals surface area contributed by atoms with Gasteiger partial charge in [0.1, 0.15) is 5.60 Å². The Hall–Kier alpha value is -1.55. The van der Waals surface area contributed by atoms with Gasteiger partial charge in [-0.25, -0.2) is 4.79 Å². The van der Waals surface area contributed by atoms with Gasteiger partial charge in [-0.1, -0.05) is 30.3 Å². The smallest absolute Gasteiger partial charge is 0.410 e. The molecule has 2 unspecified atom stereocenters. The van der Waals surface area contributed by atoms with Crippen LogP contribution in [0.4, 0.5) is 4.79 Å². The summed E-state index contributed by atoms with van der Waals surface area (Å²) in [5.41, 5.74) is 0.920. The van der Waals surface area contributed by atoms with E-state index in [9.17, 15) is 4.79 Å². The normalized spacial score (nSPS) is 25.3. The zero-order chi connectivity index (χ0) is 16.4. The first-order valence-electron chi connectivity index (χ1n) is 8.70. The van der Waals surface area contributed by atoms with Crippen molar-refractivity contribution in [2.24, 2.45) is 0 Å². The number of piperidine rings is 1. The van der Waals surface area contributed by atoms with Gasteiger partial charge in [-0.3, -0.25) is 9.80 Å². The summed E-state index contributed by atoms with van der Waals surface area (Å²) in [6.45, 7) is 8.68. The Morgan fingerprint density at radius 3 is 2.30 bits per heavy atom. The van der Waals surface area contributed by atoms with Crippen LogP contribution < -0.4 is 0 Å². The number of amides is 1. The molecule has 2 atom stereocenters. The standard InChI is InChI=1S/C19H28N2O2/c1-19(2,3)23-18(22)21-16-10-7-11-17(21)14-20(13-16)12-15-8-5-4-6-9-15/h4-6,8-9,16-17H,7,10-14H2,1-3H3. The van der Waals surface area contributed by atoms with E-state index in [1.54, 1.807) is 0 Å². The first kappa shape index (κ1) is 16.3. The maximum absolute atomic E-state index is 12.6. The number of carbonyl (C=O) groups excluding carboxylic acids is 1. The zero-order valence-corrected chi connectivity index (χ0v) is 14.5. The monoisotopic (exact) mass is 316 g/mol. The third-order valence-electron chi connectivity index (χ3n) is 4.65. The van der Waals surface area contributed by atoms with Crippen LogP contribution in [-0.2, 0) is 11.3 Å². The number of hydrogen-bond donors (Lipinski definition) is 0. The number of benzene rings is 1. The minimum Gasteiger partial charge on any atom is -0.444 e. The van der Waals surface area contributed by atoms with E-state index < -0.39 is 5.60 Å². The van der Waals surface area contributed by atoms with E-state index in [2.05, 4.69) is 35.2 Å². The van der Waals surface area contributed by atoms with Gasteiger partial charge in [0.05, 0.1) is 0 Å². The molecule has 4 nitrogen and oxygen atoms in total. The van der Waals surface area contributed by atoms with Crippen molar-refractivity contribution in [2.45, 2.75) is 64.3 Å². The molecule has 2 fully saturated rings. The molecule has 0 N–H and O–H groups in total. The Kier molecular flexibility index (Phi) is 4.62. The van der Waals surface area contributed by atoms with Crippen LogP contribution in [-0.4, -0.2) is 46.7 Å². The quantitative estimate of drug-likeness (QED) is 0.835. The molecule has 2 saturated heterocycles. The van der Waals surface area contributed by atoms with Gasteiger partial charge in [0.2, 0.25) is 0 Å². The minimum absolute atomic E-state index is 0.133. The van der Waals surface area contributed by atoms with Crippen LogP contribution in [0.3, 0.4) is 0 Å². The van der Waals surface area contributed by atoms with E-state index in [1.807, 2.05) is 25.7 Å². The molecule has 3 rings (SSSR count). The topological polar surface area (TPSA) is 32.8 Å². The highest BCUT2D eigenvalue weighted by Gasteiger charge is 2.41. The average molecular weight is 316 g/mol. The fraction of sp³-hybridized carbons (Fsp3) is 0.632. The SMILES string of the molecule is CC(C)(C)OC(=O)N1C2CCCC1CN(Cc1ccccc1)C2. The molecule has 2 heterocycles. The number of likely N-dealkylation sites (tertiary alicyclic amines) is 1. The fourth-order valence-corrected chi connectivity index (χ4v) is 3.78. The summed E-state index contributed by atoms with van der Waals surface area (Å²) < 4.78 is 5.64. The molecule has 126 valence electrons. The van der Waals surface area contributed by atoms with E-state index >= 15 is 0 Å². The first-order valence-corrected chi connectivity index (χ1v) is 8.70. The van der Waals surface area contributed by atoms with Crippen LogP contribution in [0.2, 0.25) is 0 Å². The number of ether oxygens (including phenoxy) is 1. The van der Waals surface area contributed by atoms with Crippen LogP contribution in [0.5, 0.6) is 0 Å². The van der Waals surface area contributed by atoms with Gasteiger partial charge in [0.25, 0.3) is 0 Å². The maximum Gasteiger partial charge on any atom is 0.410 e. The van der Waals surface area contributed by atoms with E-state index in [4.69, 9.17) is 4.74 Å². The summed E-state index contributed by atoms with van der Waals surface area (Å²) in [5.74, 6) is 0. The Morgan fingerprint density at radius 1 is 1.13 bits per heavy atom. The van der Waals surface area contributed by atoms with Gasteiger partial charge in [0.15, 0.2) is 0 Å². The molecule has 0 aromatic heterocycles. The molecule has 1 amide bonds. The molecule has 2 bridgehead atoms. The van der Waals surface area contributed by atoms with Crippen molar-refractivity contribution in [1.29, 1.82) is 0 Å². The van der Waals surface area contributed by atoms with Gasteiger partial charge in [-0.2, -0.15) is 0 Å². The Labute approximate surface area is 139 Å². The molecular formula is C19H28N2O2. The number of piperazine rings is 1. The molecule has 4 heteroatoms. The van der Waals surface area contributed by atoms with Gasteiger partial charge in [-0.15, -0.1) is 0 Å². The fourth-order valence-electron chi connectivity index (χ4n) is 3.78. The summed E-state index contributed by atoms with van der Waals surface area (Å²) in [4.78, 5) is 17.1. The van der Waals surface area contributed by atoms with Crippen molar-refractivity contribution in [3.63, 3.8) is 0 Å². The Morgan fingerprint density at radius 2 is 1.74 bits per heavy atom. The second kappa shape index (κ2) is 6.52. The van der Waals surface area contributed by atoms with E-state index in [0.717, 1.165) is 32.5 Å². The Bertz CT molecular complexity index is 524. The second-order valence-corrected chi connectivity index (χ2v) is 7.81. The average Bonchev–Trinajstić information content (AvgIpc) is 2.45. The third kappa shape index (κ3) is 4.05. The van der Waals surface area contributed by atoms with Crippen molar-refractivity contribution in [2.75, 3.05) is 13.1 Å². The summed E-state index contributed by atoms with van der Waals surface area (Å²) in [6, 6.07) is 11.2. The van der Waals surface area contributed by atoms with Crippen LogP contribution in [0, 0.1) is 0 Å². The second-order valence-electron chi connectivity index (χ2n) is 7.81. The number of carbonyl (C=O) groups is 1. The summed E-state index contributed by atoms with van der Waals surface area (Å²) in [5, 5.41) is 0. The first-order chi connectivity index (χ1) is 10.9. The number of nitrogens with zero attached hydrogens (tertiary/aromatic N) is 2. The highest BCUT2D eigenvalue weighted by atomic mass is 16.6. The lowest BCUT2D eigenvalue weighted by atomic mass is 9.91. The molecule has 23 heavy (non-hydrogen) atoms. The van der Waals surface area contributed by atoms with Crippen molar-refractivity contribution in [1.82, 2.24) is 9.80 Å². The third-order valence-corrected chi connectivity index (χ3v) is 4.65. The molecule has 0 aliphatic carbocycles. The maximum atomic E-state index is 12.6. The number of fused-ring (bicyclic) bond motifs is 2. The van der Waals surface area contributed by atoms with Gasteiger partial charge >= 0.3 is 6.09 Å². The lowest BCUT2D eigenvalue weighted by Crippen LogP contribution is -2.62. The largest absolute Gasteiger partial charge is 0.444 e. The highest BCUT2D eigenvalue weighted by Crippen LogP contribution is 2.31. The van der Waals surface area contributed by atoms with Crippen molar-refractivity contribution in [3.8, 4) is 0 Å². The van der Waals surface area contributed by atoms with Crippen LogP contribution >= 0.6 is 0 Å². The zero-order valence-electron chi connectivity index (χ0n) is 14.5. The lowest BCUT2D eigenvalue weighted by Gasteiger charge is -2.50. The summed E-state index contributed by atoms with van der Waals surface area (Å²) in [7, 11) is 0. The van der Waals surface area contributed by atoms with E-state index in [1.165, 1.54) is 12.0 Å². The minimum atomic E-state index is -0.424. The molecule has 1 aromatic rings. The Balaban J connectivity index is 1.67. The van der Waals surface area contributed by atoms with Crippen LogP contribution in [0.15, 0.2) is 30.3 Å². The van der Waals surface area contributed by atoms with Gasteiger partial charge in [0, 0.05) is 31.7 Å². The van der Waals surface area contributed by atoms with Crippen molar-refractivity contribution < 1.29 is 9.53 Å². The summed E-state index contributed by atoms with van der Waals surface area (Å²) >= 11 is 0. The lowest BCUT2D eigenvalue weighted by molar-refractivity contribution is -0.0390. The van der Waals surface area contributed by atoms with Gasteiger partial charge in [-0.05, 0) is 45.6 Å². The molecule has 2 aliphatic heterocycles. The summed E-state index contributed by atoms with van der Waals surface area (Å²) in [6.07, 6.45) is 3.25.